The second kappa shape index (κ2) is 12.3. The van der Waals surface area contributed by atoms with Crippen molar-refractivity contribution in [3.63, 3.8) is 0 Å². The smallest absolute Gasteiger partial charge is 0.164 e. The zero-order valence-corrected chi connectivity index (χ0v) is 30.6. The van der Waals surface area contributed by atoms with E-state index in [0.717, 1.165) is 27.6 Å². The van der Waals surface area contributed by atoms with E-state index in [4.69, 9.17) is 15.0 Å². The lowest BCUT2D eigenvalue weighted by atomic mass is 9.99. The summed E-state index contributed by atoms with van der Waals surface area (Å²) in [6.07, 6.45) is 0. The molecular formula is C49H35N3Si. The fraction of sp³-hybridized carbons (Fsp3) is 0.0408. The third kappa shape index (κ3) is 5.38. The van der Waals surface area contributed by atoms with Gasteiger partial charge in [-0.25, -0.2) is 15.0 Å². The second-order valence-corrected chi connectivity index (χ2v) is 18.8. The number of nitrogens with zero attached hydrogens (tertiary/aromatic N) is 3. The Hall–Kier alpha value is -6.49. The Morgan fingerprint density at radius 2 is 0.792 bits per heavy atom. The standard InChI is InChI=1S/C49H35N3Si/c1-53(2)45-31-41(26-27-43(45)44-28-25-35-15-9-10-16-42(35)46(44)53)49-51-47(36-19-17-34(18-20-36)32-11-5-3-6-12-32)50-48(52-49)40-24-23-38-29-37(21-22-39(38)30-40)33-13-7-4-8-14-33/h3-31H,1-2H3. The van der Waals surface area contributed by atoms with Crippen molar-refractivity contribution in [1.82, 2.24) is 15.0 Å². The van der Waals surface area contributed by atoms with Crippen molar-refractivity contribution in [1.29, 1.82) is 0 Å². The predicted octanol–water partition coefficient (Wildman–Crippen LogP) is 11.3. The molecule has 10 rings (SSSR count). The van der Waals surface area contributed by atoms with Gasteiger partial charge in [0.25, 0.3) is 0 Å². The fourth-order valence-electron chi connectivity index (χ4n) is 8.14. The van der Waals surface area contributed by atoms with E-state index in [1.807, 2.05) is 6.07 Å². The monoisotopic (exact) mass is 693 g/mol. The molecule has 0 saturated heterocycles. The van der Waals surface area contributed by atoms with E-state index >= 15 is 0 Å². The highest BCUT2D eigenvalue weighted by molar-refractivity contribution is 7.05. The Morgan fingerprint density at radius 3 is 1.49 bits per heavy atom. The van der Waals surface area contributed by atoms with Crippen LogP contribution in [0.25, 0.3) is 89.1 Å². The molecule has 0 bridgehead atoms. The van der Waals surface area contributed by atoms with Crippen molar-refractivity contribution in [3.8, 4) is 67.5 Å². The fourth-order valence-corrected chi connectivity index (χ4v) is 11.6. The summed E-state index contributed by atoms with van der Waals surface area (Å²) in [5.74, 6) is 2.01. The van der Waals surface area contributed by atoms with Crippen LogP contribution >= 0.6 is 0 Å². The van der Waals surface area contributed by atoms with Crippen LogP contribution in [0, 0.1) is 0 Å². The van der Waals surface area contributed by atoms with Crippen LogP contribution in [0.4, 0.5) is 0 Å². The highest BCUT2D eigenvalue weighted by atomic mass is 28.3. The second-order valence-electron chi connectivity index (χ2n) is 14.5. The van der Waals surface area contributed by atoms with Gasteiger partial charge in [0.1, 0.15) is 8.07 Å². The molecule has 8 aromatic carbocycles. The molecule has 4 heteroatoms. The van der Waals surface area contributed by atoms with Crippen molar-refractivity contribution >= 4 is 40.0 Å². The number of hydrogen-bond donors (Lipinski definition) is 0. The topological polar surface area (TPSA) is 38.7 Å². The first kappa shape index (κ1) is 31.3. The lowest BCUT2D eigenvalue weighted by molar-refractivity contribution is 1.07. The molecule has 1 aromatic heterocycles. The minimum atomic E-state index is -2.03. The zero-order chi connectivity index (χ0) is 35.5. The molecule has 0 saturated carbocycles. The van der Waals surface area contributed by atoms with Crippen LogP contribution in [0.15, 0.2) is 176 Å². The lowest BCUT2D eigenvalue weighted by Gasteiger charge is -2.21. The summed E-state index contributed by atoms with van der Waals surface area (Å²) in [6, 6.07) is 62.9. The molecule has 1 aliphatic heterocycles. The average Bonchev–Trinajstić information content (AvgIpc) is 3.46. The third-order valence-corrected chi connectivity index (χ3v) is 14.4. The molecule has 0 radical (unpaired) electrons. The van der Waals surface area contributed by atoms with Crippen LogP contribution in [0.3, 0.4) is 0 Å². The Bertz CT molecular complexity index is 2850. The van der Waals surface area contributed by atoms with E-state index in [1.54, 1.807) is 0 Å². The molecule has 1 aliphatic rings. The van der Waals surface area contributed by atoms with Crippen molar-refractivity contribution in [2.24, 2.45) is 0 Å². The van der Waals surface area contributed by atoms with Crippen LogP contribution < -0.4 is 10.4 Å². The minimum Gasteiger partial charge on any atom is -0.208 e. The first-order valence-corrected chi connectivity index (χ1v) is 21.2. The Labute approximate surface area is 310 Å². The number of aromatic nitrogens is 3. The molecule has 250 valence electrons. The SMILES string of the molecule is C[Si]1(C)c2cc(-c3nc(-c4ccc(-c5ccccc5)cc4)nc(-c4ccc5cc(-c6ccccc6)ccc5c4)n3)ccc2-c2ccc3ccccc3c21. The minimum absolute atomic E-state index is 0.662. The first-order valence-electron chi connectivity index (χ1n) is 18.2. The average molecular weight is 694 g/mol. The van der Waals surface area contributed by atoms with Gasteiger partial charge in [-0.1, -0.05) is 177 Å². The van der Waals surface area contributed by atoms with E-state index in [1.165, 1.54) is 54.3 Å². The number of hydrogen-bond acceptors (Lipinski definition) is 3. The van der Waals surface area contributed by atoms with Gasteiger partial charge in [0.05, 0.1) is 0 Å². The quantitative estimate of drug-likeness (QED) is 0.168. The largest absolute Gasteiger partial charge is 0.208 e. The molecule has 53 heavy (non-hydrogen) atoms. The van der Waals surface area contributed by atoms with Gasteiger partial charge < -0.3 is 0 Å². The van der Waals surface area contributed by atoms with Gasteiger partial charge in [-0.2, -0.15) is 0 Å². The van der Waals surface area contributed by atoms with Gasteiger partial charge in [0.2, 0.25) is 0 Å². The Kier molecular flexibility index (Phi) is 7.27. The van der Waals surface area contributed by atoms with E-state index in [9.17, 15) is 0 Å². The van der Waals surface area contributed by atoms with Gasteiger partial charge in [-0.3, -0.25) is 0 Å². The first-order chi connectivity index (χ1) is 26.0. The van der Waals surface area contributed by atoms with Crippen LogP contribution in [0.2, 0.25) is 13.1 Å². The molecule has 3 nitrogen and oxygen atoms in total. The maximum absolute atomic E-state index is 5.20. The van der Waals surface area contributed by atoms with Gasteiger partial charge in [-0.15, -0.1) is 0 Å². The van der Waals surface area contributed by atoms with E-state index in [0.29, 0.717) is 17.5 Å². The van der Waals surface area contributed by atoms with Gasteiger partial charge in [-0.05, 0) is 77.4 Å². The van der Waals surface area contributed by atoms with Crippen molar-refractivity contribution in [3.05, 3.63) is 176 Å². The maximum Gasteiger partial charge on any atom is 0.164 e. The van der Waals surface area contributed by atoms with Crippen molar-refractivity contribution in [2.75, 3.05) is 0 Å². The summed E-state index contributed by atoms with van der Waals surface area (Å²) < 4.78 is 0. The predicted molar refractivity (Wildman–Crippen MR) is 224 cm³/mol. The summed E-state index contributed by atoms with van der Waals surface area (Å²) in [5.41, 5.74) is 10.4. The maximum atomic E-state index is 5.20. The molecule has 0 N–H and O–H groups in total. The Balaban J connectivity index is 1.10. The van der Waals surface area contributed by atoms with Crippen LogP contribution in [0.1, 0.15) is 0 Å². The van der Waals surface area contributed by atoms with E-state index in [2.05, 4.69) is 183 Å². The van der Waals surface area contributed by atoms with Crippen LogP contribution in [-0.4, -0.2) is 23.0 Å². The molecule has 0 fully saturated rings. The van der Waals surface area contributed by atoms with E-state index in [-0.39, 0.29) is 0 Å². The Morgan fingerprint density at radius 1 is 0.340 bits per heavy atom. The molecule has 0 aliphatic carbocycles. The molecule has 0 atom stereocenters. The molecule has 0 spiro atoms. The molecule has 0 amide bonds. The van der Waals surface area contributed by atoms with Crippen molar-refractivity contribution in [2.45, 2.75) is 13.1 Å². The van der Waals surface area contributed by atoms with E-state index < -0.39 is 8.07 Å². The summed E-state index contributed by atoms with van der Waals surface area (Å²) in [6.45, 7) is 4.95. The van der Waals surface area contributed by atoms with Crippen molar-refractivity contribution < 1.29 is 0 Å². The zero-order valence-electron chi connectivity index (χ0n) is 29.6. The number of rotatable bonds is 5. The highest BCUT2D eigenvalue weighted by Crippen LogP contribution is 2.35. The third-order valence-electron chi connectivity index (χ3n) is 10.9. The number of fused-ring (bicyclic) bond motifs is 6. The van der Waals surface area contributed by atoms with Crippen LogP contribution in [0.5, 0.6) is 0 Å². The summed E-state index contributed by atoms with van der Waals surface area (Å²) in [4.78, 5) is 15.5. The highest BCUT2D eigenvalue weighted by Gasteiger charge is 2.39. The molecule has 2 heterocycles. The summed E-state index contributed by atoms with van der Waals surface area (Å²) in [5, 5.41) is 7.95. The van der Waals surface area contributed by atoms with Gasteiger partial charge in [0, 0.05) is 16.7 Å². The summed E-state index contributed by atoms with van der Waals surface area (Å²) in [7, 11) is -2.03. The number of benzene rings is 8. The summed E-state index contributed by atoms with van der Waals surface area (Å²) >= 11 is 0. The lowest BCUT2D eigenvalue weighted by Crippen LogP contribution is -2.49. The van der Waals surface area contributed by atoms with Gasteiger partial charge >= 0.3 is 0 Å². The van der Waals surface area contributed by atoms with Crippen LogP contribution in [-0.2, 0) is 0 Å². The molecule has 0 unspecified atom stereocenters. The van der Waals surface area contributed by atoms with Gasteiger partial charge in [0.15, 0.2) is 17.5 Å². The normalized spacial score (nSPS) is 12.9. The molecular weight excluding hydrogens is 659 g/mol. The molecule has 9 aromatic rings.